The van der Waals surface area contributed by atoms with E-state index in [0.717, 1.165) is 0 Å². The maximum Gasteiger partial charge on any atom is 0.584 e. The molecule has 0 spiro atoms. The predicted octanol–water partition coefficient (Wildman–Crippen LogP) is 2.86. The van der Waals surface area contributed by atoms with Crippen molar-refractivity contribution in [2.45, 2.75) is 0 Å². The zero-order valence-electron chi connectivity index (χ0n) is 9.89. The summed E-state index contributed by atoms with van der Waals surface area (Å²) in [6, 6.07) is 16.7. The quantitative estimate of drug-likeness (QED) is 0.687. The first-order chi connectivity index (χ1) is 8.16. The van der Waals surface area contributed by atoms with Crippen LogP contribution in [0.3, 0.4) is 0 Å². The molecule has 2 aromatic carbocycles. The molecule has 0 heterocycles. The molecule has 18 heavy (non-hydrogen) atoms. The molecular formula is C12H11NaO4P. The van der Waals surface area contributed by atoms with Gasteiger partial charge in [0, 0.05) is 29.6 Å². The molecule has 0 aliphatic heterocycles. The van der Waals surface area contributed by atoms with Crippen LogP contribution in [0.4, 0.5) is 0 Å². The standard InChI is InChI=1S/C12H11O4P.Na/c13-17(14,15-11-7-3-1-4-8-11)16-12-9-5-2-6-10-12;/h1-10H,(H,13,14);. The Morgan fingerprint density at radius 3 is 1.44 bits per heavy atom. The van der Waals surface area contributed by atoms with Crippen molar-refractivity contribution >= 4 is 37.4 Å². The molecule has 0 aliphatic rings. The second-order valence-corrected chi connectivity index (χ2v) is 4.58. The minimum absolute atomic E-state index is 0. The van der Waals surface area contributed by atoms with Gasteiger partial charge in [-0.3, -0.25) is 4.89 Å². The Hall–Kier alpha value is -0.770. The average Bonchev–Trinajstić information content (AvgIpc) is 2.30. The van der Waals surface area contributed by atoms with Crippen LogP contribution < -0.4 is 9.05 Å². The van der Waals surface area contributed by atoms with Gasteiger partial charge in [-0.15, -0.1) is 0 Å². The summed E-state index contributed by atoms with van der Waals surface area (Å²) in [5.74, 6) is 0.573. The van der Waals surface area contributed by atoms with Crippen molar-refractivity contribution in [2.75, 3.05) is 0 Å². The smallest absolute Gasteiger partial charge is 0.395 e. The van der Waals surface area contributed by atoms with E-state index in [1.165, 1.54) is 0 Å². The Morgan fingerprint density at radius 1 is 0.778 bits per heavy atom. The molecule has 0 saturated heterocycles. The Kier molecular flexibility index (Phi) is 5.93. The van der Waals surface area contributed by atoms with Crippen LogP contribution in [0.1, 0.15) is 0 Å². The van der Waals surface area contributed by atoms with E-state index in [-0.39, 0.29) is 41.1 Å². The third-order valence-electron chi connectivity index (χ3n) is 1.93. The van der Waals surface area contributed by atoms with Crippen molar-refractivity contribution < 1.29 is 18.5 Å². The first-order valence-corrected chi connectivity index (χ1v) is 6.47. The number of hydrogen-bond donors (Lipinski definition) is 1. The van der Waals surface area contributed by atoms with E-state index < -0.39 is 7.82 Å². The predicted molar refractivity (Wildman–Crippen MR) is 69.7 cm³/mol. The van der Waals surface area contributed by atoms with Crippen molar-refractivity contribution in [3.8, 4) is 11.5 Å². The maximum atomic E-state index is 11.7. The van der Waals surface area contributed by atoms with Crippen LogP contribution in [0.25, 0.3) is 0 Å². The van der Waals surface area contributed by atoms with Crippen molar-refractivity contribution in [2.24, 2.45) is 0 Å². The summed E-state index contributed by atoms with van der Waals surface area (Å²) in [4.78, 5) is 9.53. The molecule has 0 aliphatic carbocycles. The molecule has 6 heteroatoms. The first-order valence-electron chi connectivity index (χ1n) is 4.98. The van der Waals surface area contributed by atoms with Crippen molar-refractivity contribution in [3.05, 3.63) is 60.7 Å². The fourth-order valence-corrected chi connectivity index (χ4v) is 2.06. The van der Waals surface area contributed by atoms with Gasteiger partial charge in [-0.1, -0.05) is 36.4 Å². The van der Waals surface area contributed by atoms with Crippen molar-refractivity contribution in [1.82, 2.24) is 0 Å². The van der Waals surface area contributed by atoms with Gasteiger partial charge in [-0.25, -0.2) is 4.57 Å². The molecule has 89 valence electrons. The zero-order valence-corrected chi connectivity index (χ0v) is 12.8. The number of hydrogen-bond acceptors (Lipinski definition) is 3. The summed E-state index contributed by atoms with van der Waals surface area (Å²) >= 11 is 0. The van der Waals surface area contributed by atoms with Crippen LogP contribution in [0.5, 0.6) is 11.5 Å². The van der Waals surface area contributed by atoms with Crippen LogP contribution in [-0.2, 0) is 4.57 Å². The van der Waals surface area contributed by atoms with Gasteiger partial charge in [0.15, 0.2) is 0 Å². The Morgan fingerprint density at radius 2 is 1.11 bits per heavy atom. The third kappa shape index (κ3) is 4.84. The molecule has 4 nitrogen and oxygen atoms in total. The molecule has 0 aromatic heterocycles. The van der Waals surface area contributed by atoms with E-state index >= 15 is 0 Å². The molecule has 0 atom stereocenters. The van der Waals surface area contributed by atoms with Gasteiger partial charge in [0.2, 0.25) is 0 Å². The normalized spacial score (nSPS) is 10.3. The number of phosphoric ester groups is 1. The van der Waals surface area contributed by atoms with Crippen LogP contribution in [0.2, 0.25) is 0 Å². The Labute approximate surface area is 127 Å². The van der Waals surface area contributed by atoms with E-state index in [0.29, 0.717) is 0 Å². The third-order valence-corrected chi connectivity index (χ3v) is 2.81. The van der Waals surface area contributed by atoms with Gasteiger partial charge in [-0.2, -0.15) is 0 Å². The number of rotatable bonds is 4. The van der Waals surface area contributed by atoms with Crippen LogP contribution >= 0.6 is 7.82 Å². The monoisotopic (exact) mass is 273 g/mol. The number of para-hydroxylation sites is 2. The van der Waals surface area contributed by atoms with E-state index in [1.54, 1.807) is 60.7 Å². The van der Waals surface area contributed by atoms with Crippen LogP contribution in [0, 0.1) is 0 Å². The summed E-state index contributed by atoms with van der Waals surface area (Å²) < 4.78 is 21.5. The second-order valence-electron chi connectivity index (χ2n) is 3.28. The van der Waals surface area contributed by atoms with E-state index in [1.807, 2.05) is 0 Å². The molecule has 2 rings (SSSR count). The van der Waals surface area contributed by atoms with Crippen LogP contribution in [-0.4, -0.2) is 34.5 Å². The first kappa shape index (κ1) is 15.3. The van der Waals surface area contributed by atoms with E-state index in [9.17, 15) is 9.46 Å². The minimum atomic E-state index is -4.14. The molecule has 0 fully saturated rings. The summed E-state index contributed by atoms with van der Waals surface area (Å²) in [5, 5.41) is 0. The molecular weight excluding hydrogens is 262 g/mol. The number of benzene rings is 2. The van der Waals surface area contributed by atoms with Gasteiger partial charge in [-0.05, 0) is 24.3 Å². The fraction of sp³-hybridized carbons (Fsp3) is 0. The molecule has 0 bridgehead atoms. The van der Waals surface area contributed by atoms with Crippen LogP contribution in [0.15, 0.2) is 60.7 Å². The van der Waals surface area contributed by atoms with E-state index in [4.69, 9.17) is 9.05 Å². The summed E-state index contributed by atoms with van der Waals surface area (Å²) in [6.45, 7) is 0. The number of phosphoric acid groups is 1. The van der Waals surface area contributed by atoms with Gasteiger partial charge < -0.3 is 9.05 Å². The molecule has 1 N–H and O–H groups in total. The molecule has 1 radical (unpaired) electrons. The molecule has 0 saturated carbocycles. The summed E-state index contributed by atoms with van der Waals surface area (Å²) in [6.07, 6.45) is 0. The van der Waals surface area contributed by atoms with Crippen molar-refractivity contribution in [1.29, 1.82) is 0 Å². The van der Waals surface area contributed by atoms with E-state index in [2.05, 4.69) is 0 Å². The Balaban J connectivity index is 0.00000162. The molecule has 2 aromatic rings. The summed E-state index contributed by atoms with van der Waals surface area (Å²) in [5.41, 5.74) is 0. The van der Waals surface area contributed by atoms with Gasteiger partial charge >= 0.3 is 7.82 Å². The largest absolute Gasteiger partial charge is 0.584 e. The van der Waals surface area contributed by atoms with Gasteiger partial charge in [0.1, 0.15) is 11.5 Å². The van der Waals surface area contributed by atoms with Gasteiger partial charge in [0.25, 0.3) is 0 Å². The summed E-state index contributed by atoms with van der Waals surface area (Å²) in [7, 11) is -4.14. The second kappa shape index (κ2) is 6.98. The fourth-order valence-electron chi connectivity index (χ4n) is 1.25. The Bertz CT molecular complexity index is 473. The zero-order chi connectivity index (χ0) is 12.1. The molecule has 0 amide bonds. The topological polar surface area (TPSA) is 55.8 Å². The molecule has 0 unspecified atom stereocenters. The average molecular weight is 273 g/mol. The SMILES string of the molecule is O=P(O)(Oc1ccccc1)Oc1ccccc1.[Na]. The maximum absolute atomic E-state index is 11.7. The minimum Gasteiger partial charge on any atom is -0.395 e. The van der Waals surface area contributed by atoms with Gasteiger partial charge in [0.05, 0.1) is 0 Å². The van der Waals surface area contributed by atoms with Crippen molar-refractivity contribution in [3.63, 3.8) is 0 Å².